The molecule has 2 unspecified atom stereocenters. The van der Waals surface area contributed by atoms with Crippen LogP contribution in [0.1, 0.15) is 6.92 Å². The number of nitrogens with one attached hydrogen (secondary N) is 1. The summed E-state index contributed by atoms with van der Waals surface area (Å²) in [5.41, 5.74) is 0. The molecule has 0 aromatic rings. The van der Waals surface area contributed by atoms with Crippen LogP contribution in [0.5, 0.6) is 0 Å². The van der Waals surface area contributed by atoms with Crippen LogP contribution in [0.3, 0.4) is 0 Å². The maximum Gasteiger partial charge on any atom is 0.137 e. The number of aliphatic hydroxyl groups excluding tert-OH is 3. The van der Waals surface area contributed by atoms with Crippen LogP contribution in [0, 0.1) is 5.92 Å². The first kappa shape index (κ1) is 10.9. The Kier molecular flexibility index (Phi) is 3.63. The van der Waals surface area contributed by atoms with Crippen molar-refractivity contribution < 1.29 is 20.1 Å². The molecule has 0 saturated carbocycles. The van der Waals surface area contributed by atoms with Crippen LogP contribution < -0.4 is 5.32 Å². The molecule has 78 valence electrons. The molecule has 0 spiro atoms. The van der Waals surface area contributed by atoms with Crippen molar-refractivity contribution in [2.45, 2.75) is 31.5 Å². The Hall–Kier alpha value is -0.200. The Balaban J connectivity index is 2.66. The van der Waals surface area contributed by atoms with E-state index in [1.807, 2.05) is 0 Å². The highest BCUT2D eigenvalue weighted by molar-refractivity contribution is 4.88. The number of hydrogen-bond donors (Lipinski definition) is 4. The van der Waals surface area contributed by atoms with Gasteiger partial charge in [0.05, 0.1) is 18.8 Å². The summed E-state index contributed by atoms with van der Waals surface area (Å²) in [7, 11) is 1.63. The molecule has 1 aliphatic heterocycles. The highest BCUT2D eigenvalue weighted by Gasteiger charge is 2.40. The Bertz CT molecular complexity index is 146. The number of hydrogen-bond acceptors (Lipinski definition) is 5. The van der Waals surface area contributed by atoms with Crippen molar-refractivity contribution in [1.82, 2.24) is 5.32 Å². The zero-order valence-corrected chi connectivity index (χ0v) is 7.84. The van der Waals surface area contributed by atoms with Gasteiger partial charge in [-0.1, -0.05) is 6.92 Å². The van der Waals surface area contributed by atoms with Gasteiger partial charge in [-0.05, 0) is 7.05 Å². The van der Waals surface area contributed by atoms with Gasteiger partial charge in [0.25, 0.3) is 0 Å². The quantitative estimate of drug-likeness (QED) is 0.417. The van der Waals surface area contributed by atoms with Crippen molar-refractivity contribution in [3.05, 3.63) is 0 Å². The fourth-order valence-electron chi connectivity index (χ4n) is 1.55. The van der Waals surface area contributed by atoms with Gasteiger partial charge in [-0.15, -0.1) is 0 Å². The summed E-state index contributed by atoms with van der Waals surface area (Å²) in [4.78, 5) is 0. The van der Waals surface area contributed by atoms with E-state index >= 15 is 0 Å². The average Bonchev–Trinajstić information content (AvgIpc) is 2.15. The largest absolute Gasteiger partial charge is 0.394 e. The summed E-state index contributed by atoms with van der Waals surface area (Å²) < 4.78 is 5.31. The minimum absolute atomic E-state index is 0.150. The molecule has 0 aromatic carbocycles. The second-order valence-corrected chi connectivity index (χ2v) is 3.41. The normalized spacial score (nSPS) is 46.4. The molecule has 5 atom stereocenters. The highest BCUT2D eigenvalue weighted by atomic mass is 16.5. The number of ether oxygens (including phenoxy) is 1. The molecule has 0 aliphatic carbocycles. The van der Waals surface area contributed by atoms with Crippen LogP contribution in [-0.2, 0) is 4.74 Å². The lowest BCUT2D eigenvalue weighted by molar-refractivity contribution is -0.211. The van der Waals surface area contributed by atoms with E-state index in [2.05, 4.69) is 5.32 Å². The Morgan fingerprint density at radius 1 is 1.31 bits per heavy atom. The van der Waals surface area contributed by atoms with Crippen molar-refractivity contribution in [2.75, 3.05) is 13.7 Å². The standard InChI is InChI=1S/C8H17NO4/c1-4-5(3-10)13-8(9-2)7(12)6(4)11/h4-12H,3H2,1-2H3/t4-,5?,6?,7+,8-/m1/s1. The summed E-state index contributed by atoms with van der Waals surface area (Å²) in [5.74, 6) is -0.260. The van der Waals surface area contributed by atoms with Gasteiger partial charge in [0, 0.05) is 5.92 Å². The minimum atomic E-state index is -0.942. The van der Waals surface area contributed by atoms with Crippen LogP contribution >= 0.6 is 0 Å². The molecular formula is C8H17NO4. The predicted octanol–water partition coefficient (Wildman–Crippen LogP) is -1.72. The molecule has 4 N–H and O–H groups in total. The van der Waals surface area contributed by atoms with E-state index in [0.29, 0.717) is 0 Å². The molecule has 1 fully saturated rings. The van der Waals surface area contributed by atoms with E-state index in [9.17, 15) is 10.2 Å². The third-order valence-electron chi connectivity index (χ3n) is 2.57. The van der Waals surface area contributed by atoms with E-state index in [4.69, 9.17) is 9.84 Å². The second kappa shape index (κ2) is 4.34. The molecule has 5 nitrogen and oxygen atoms in total. The number of likely N-dealkylation sites (N-methyl/N-ethyl adjacent to an activating group) is 1. The zero-order valence-electron chi connectivity index (χ0n) is 7.84. The molecule has 0 amide bonds. The van der Waals surface area contributed by atoms with Gasteiger partial charge in [-0.25, -0.2) is 0 Å². The predicted molar refractivity (Wildman–Crippen MR) is 46.0 cm³/mol. The SMILES string of the molecule is CN[C@@H]1OC(CO)[C@@H](C)C(O)[C@@H]1O. The van der Waals surface area contributed by atoms with Crippen molar-refractivity contribution in [2.24, 2.45) is 5.92 Å². The third kappa shape index (κ3) is 2.00. The van der Waals surface area contributed by atoms with Crippen LogP contribution in [0.15, 0.2) is 0 Å². The third-order valence-corrected chi connectivity index (χ3v) is 2.57. The van der Waals surface area contributed by atoms with Gasteiger partial charge in [-0.2, -0.15) is 0 Å². The first-order valence-corrected chi connectivity index (χ1v) is 4.41. The fourth-order valence-corrected chi connectivity index (χ4v) is 1.55. The van der Waals surface area contributed by atoms with Gasteiger partial charge in [0.2, 0.25) is 0 Å². The van der Waals surface area contributed by atoms with E-state index in [0.717, 1.165) is 0 Å². The summed E-state index contributed by atoms with van der Waals surface area (Å²) in [6, 6.07) is 0. The van der Waals surface area contributed by atoms with Gasteiger partial charge in [-0.3, -0.25) is 5.32 Å². The van der Waals surface area contributed by atoms with E-state index < -0.39 is 24.5 Å². The molecule has 1 heterocycles. The van der Waals surface area contributed by atoms with Crippen LogP contribution in [0.2, 0.25) is 0 Å². The minimum Gasteiger partial charge on any atom is -0.394 e. The highest BCUT2D eigenvalue weighted by Crippen LogP contribution is 2.24. The molecule has 0 aromatic heterocycles. The van der Waals surface area contributed by atoms with Crippen LogP contribution in [-0.4, -0.2) is 53.5 Å². The molecule has 1 saturated heterocycles. The number of rotatable bonds is 2. The van der Waals surface area contributed by atoms with Crippen molar-refractivity contribution in [1.29, 1.82) is 0 Å². The lowest BCUT2D eigenvalue weighted by atomic mass is 9.90. The molecule has 13 heavy (non-hydrogen) atoms. The first-order chi connectivity index (χ1) is 6.11. The molecule has 1 aliphatic rings. The Morgan fingerprint density at radius 3 is 2.38 bits per heavy atom. The van der Waals surface area contributed by atoms with Crippen molar-refractivity contribution in [3.8, 4) is 0 Å². The van der Waals surface area contributed by atoms with Gasteiger partial charge >= 0.3 is 0 Å². The van der Waals surface area contributed by atoms with Crippen molar-refractivity contribution in [3.63, 3.8) is 0 Å². The van der Waals surface area contributed by atoms with E-state index in [-0.39, 0.29) is 12.5 Å². The number of aliphatic hydroxyl groups is 3. The van der Waals surface area contributed by atoms with Crippen LogP contribution in [0.4, 0.5) is 0 Å². The summed E-state index contributed by atoms with van der Waals surface area (Å²) in [5, 5.41) is 30.7. The van der Waals surface area contributed by atoms with Crippen molar-refractivity contribution >= 4 is 0 Å². The molecule has 0 radical (unpaired) electrons. The fraction of sp³-hybridized carbons (Fsp3) is 1.00. The lowest BCUT2D eigenvalue weighted by Gasteiger charge is -2.40. The molecular weight excluding hydrogens is 174 g/mol. The maximum absolute atomic E-state index is 9.57. The maximum atomic E-state index is 9.57. The monoisotopic (exact) mass is 191 g/mol. The summed E-state index contributed by atoms with van der Waals surface area (Å²) >= 11 is 0. The second-order valence-electron chi connectivity index (χ2n) is 3.41. The average molecular weight is 191 g/mol. The Morgan fingerprint density at radius 2 is 1.92 bits per heavy atom. The summed E-state index contributed by atoms with van der Waals surface area (Å²) in [6.45, 7) is 1.59. The molecule has 5 heteroatoms. The first-order valence-electron chi connectivity index (χ1n) is 4.41. The van der Waals surface area contributed by atoms with Gasteiger partial charge < -0.3 is 20.1 Å². The van der Waals surface area contributed by atoms with Gasteiger partial charge in [0.1, 0.15) is 12.3 Å². The van der Waals surface area contributed by atoms with Gasteiger partial charge in [0.15, 0.2) is 0 Å². The lowest BCUT2D eigenvalue weighted by Crippen LogP contribution is -2.58. The zero-order chi connectivity index (χ0) is 10.0. The summed E-state index contributed by atoms with van der Waals surface area (Å²) in [6.07, 6.45) is -2.83. The topological polar surface area (TPSA) is 82.0 Å². The molecule has 1 rings (SSSR count). The molecule has 0 bridgehead atoms. The smallest absolute Gasteiger partial charge is 0.137 e. The van der Waals surface area contributed by atoms with E-state index in [1.54, 1.807) is 14.0 Å². The Labute approximate surface area is 77.3 Å². The van der Waals surface area contributed by atoms with E-state index in [1.165, 1.54) is 0 Å². The van der Waals surface area contributed by atoms with Crippen LogP contribution in [0.25, 0.3) is 0 Å².